The standard InChI is InChI=1S/C16H23NO/c1-15(2)7-3-8-16(17,11-15)13-4-5-14-12(10-13)6-9-18-14/h4-5,10H,3,6-9,11,17H2,1-2H3. The molecule has 2 aliphatic rings. The van der Waals surface area contributed by atoms with Gasteiger partial charge in [0.25, 0.3) is 0 Å². The monoisotopic (exact) mass is 245 g/mol. The van der Waals surface area contributed by atoms with Crippen molar-refractivity contribution in [3.05, 3.63) is 29.3 Å². The third-order valence-corrected chi connectivity index (χ3v) is 4.53. The highest BCUT2D eigenvalue weighted by Crippen LogP contribution is 2.45. The molecule has 98 valence electrons. The molecule has 1 aromatic rings. The van der Waals surface area contributed by atoms with Gasteiger partial charge in [0.2, 0.25) is 0 Å². The van der Waals surface area contributed by atoms with Crippen molar-refractivity contribution in [2.45, 2.75) is 51.5 Å². The number of hydrogen-bond acceptors (Lipinski definition) is 2. The molecule has 1 aromatic carbocycles. The summed E-state index contributed by atoms with van der Waals surface area (Å²) in [6, 6.07) is 6.56. The Morgan fingerprint density at radius 3 is 2.83 bits per heavy atom. The highest BCUT2D eigenvalue weighted by atomic mass is 16.5. The van der Waals surface area contributed by atoms with Crippen LogP contribution in [0.15, 0.2) is 18.2 Å². The van der Waals surface area contributed by atoms with Crippen LogP contribution in [0.4, 0.5) is 0 Å². The van der Waals surface area contributed by atoms with Crippen molar-refractivity contribution in [2.75, 3.05) is 6.61 Å². The predicted octanol–water partition coefficient (Wildman–Crippen LogP) is 3.38. The summed E-state index contributed by atoms with van der Waals surface area (Å²) < 4.78 is 5.57. The third-order valence-electron chi connectivity index (χ3n) is 4.53. The van der Waals surface area contributed by atoms with E-state index in [4.69, 9.17) is 10.5 Å². The van der Waals surface area contributed by atoms with Crippen molar-refractivity contribution in [3.63, 3.8) is 0 Å². The van der Waals surface area contributed by atoms with Crippen LogP contribution in [0.5, 0.6) is 5.75 Å². The lowest BCUT2D eigenvalue weighted by atomic mass is 9.66. The average Bonchev–Trinajstić information content (AvgIpc) is 2.73. The zero-order valence-electron chi connectivity index (χ0n) is 11.5. The third kappa shape index (κ3) is 2.03. The minimum atomic E-state index is -0.140. The van der Waals surface area contributed by atoms with E-state index in [0.717, 1.165) is 31.6 Å². The molecule has 0 amide bonds. The Hall–Kier alpha value is -1.02. The fourth-order valence-corrected chi connectivity index (χ4v) is 3.66. The summed E-state index contributed by atoms with van der Waals surface area (Å²) in [5, 5.41) is 0. The van der Waals surface area contributed by atoms with Crippen molar-refractivity contribution in [1.82, 2.24) is 0 Å². The number of rotatable bonds is 1. The SMILES string of the molecule is CC1(C)CCCC(N)(c2ccc3c(c2)CCO3)C1. The lowest BCUT2D eigenvalue weighted by Gasteiger charge is -2.43. The summed E-state index contributed by atoms with van der Waals surface area (Å²) in [4.78, 5) is 0. The first-order valence-corrected chi connectivity index (χ1v) is 7.04. The van der Waals surface area contributed by atoms with Crippen LogP contribution in [0.1, 0.15) is 50.7 Å². The summed E-state index contributed by atoms with van der Waals surface area (Å²) >= 11 is 0. The molecule has 0 saturated heterocycles. The van der Waals surface area contributed by atoms with Crippen LogP contribution in [-0.2, 0) is 12.0 Å². The van der Waals surface area contributed by atoms with E-state index in [1.807, 2.05) is 0 Å². The smallest absolute Gasteiger partial charge is 0.122 e. The zero-order valence-corrected chi connectivity index (χ0v) is 11.5. The van der Waals surface area contributed by atoms with Gasteiger partial charge in [-0.25, -0.2) is 0 Å². The quantitative estimate of drug-likeness (QED) is 0.823. The molecule has 1 heterocycles. The maximum absolute atomic E-state index is 6.71. The van der Waals surface area contributed by atoms with Crippen LogP contribution in [0.25, 0.3) is 0 Å². The Kier molecular flexibility index (Phi) is 2.67. The number of ether oxygens (including phenoxy) is 1. The molecule has 1 aliphatic carbocycles. The van der Waals surface area contributed by atoms with Gasteiger partial charge in [-0.15, -0.1) is 0 Å². The molecule has 1 fully saturated rings. The van der Waals surface area contributed by atoms with Crippen LogP contribution in [0.3, 0.4) is 0 Å². The molecule has 2 nitrogen and oxygen atoms in total. The zero-order chi connectivity index (χ0) is 12.8. The first-order chi connectivity index (χ1) is 8.49. The number of benzene rings is 1. The van der Waals surface area contributed by atoms with Gasteiger partial charge in [-0.1, -0.05) is 32.4 Å². The first-order valence-electron chi connectivity index (χ1n) is 7.04. The maximum atomic E-state index is 6.71. The minimum Gasteiger partial charge on any atom is -0.493 e. The van der Waals surface area contributed by atoms with Crippen molar-refractivity contribution in [2.24, 2.45) is 11.1 Å². The Morgan fingerprint density at radius 2 is 2.06 bits per heavy atom. The van der Waals surface area contributed by atoms with Gasteiger partial charge in [0.05, 0.1) is 6.61 Å². The summed E-state index contributed by atoms with van der Waals surface area (Å²) in [7, 11) is 0. The largest absolute Gasteiger partial charge is 0.493 e. The second-order valence-electron chi connectivity index (χ2n) is 6.77. The lowest BCUT2D eigenvalue weighted by Crippen LogP contribution is -2.44. The van der Waals surface area contributed by atoms with E-state index >= 15 is 0 Å². The molecule has 0 bridgehead atoms. The van der Waals surface area contributed by atoms with Crippen LogP contribution in [-0.4, -0.2) is 6.61 Å². The fourth-order valence-electron chi connectivity index (χ4n) is 3.66. The predicted molar refractivity (Wildman–Crippen MR) is 73.8 cm³/mol. The Morgan fingerprint density at radius 1 is 1.22 bits per heavy atom. The highest BCUT2D eigenvalue weighted by molar-refractivity contribution is 5.42. The van der Waals surface area contributed by atoms with Gasteiger partial charge < -0.3 is 10.5 Å². The van der Waals surface area contributed by atoms with Crippen molar-refractivity contribution >= 4 is 0 Å². The average molecular weight is 245 g/mol. The van der Waals surface area contributed by atoms with Gasteiger partial charge in [0.1, 0.15) is 5.75 Å². The summed E-state index contributed by atoms with van der Waals surface area (Å²) in [6.45, 7) is 5.50. The first kappa shape index (κ1) is 12.0. The summed E-state index contributed by atoms with van der Waals surface area (Å²) in [5.41, 5.74) is 9.57. The second kappa shape index (κ2) is 3.99. The van der Waals surface area contributed by atoms with Gasteiger partial charge in [-0.05, 0) is 41.9 Å². The second-order valence-corrected chi connectivity index (χ2v) is 6.77. The maximum Gasteiger partial charge on any atom is 0.122 e. The molecule has 0 radical (unpaired) electrons. The highest BCUT2D eigenvalue weighted by Gasteiger charge is 2.38. The van der Waals surface area contributed by atoms with Crippen LogP contribution in [0, 0.1) is 5.41 Å². The van der Waals surface area contributed by atoms with Gasteiger partial charge in [-0.2, -0.15) is 0 Å². The van der Waals surface area contributed by atoms with Gasteiger partial charge in [0.15, 0.2) is 0 Å². The van der Waals surface area contributed by atoms with E-state index in [1.54, 1.807) is 0 Å². The molecule has 18 heavy (non-hydrogen) atoms. The van der Waals surface area contributed by atoms with Gasteiger partial charge >= 0.3 is 0 Å². The van der Waals surface area contributed by atoms with Crippen LogP contribution < -0.4 is 10.5 Å². The minimum absolute atomic E-state index is 0.140. The molecular weight excluding hydrogens is 222 g/mol. The number of hydrogen-bond donors (Lipinski definition) is 1. The molecule has 2 heteroatoms. The molecule has 1 unspecified atom stereocenters. The van der Waals surface area contributed by atoms with E-state index in [0.29, 0.717) is 5.41 Å². The molecule has 0 spiro atoms. The molecule has 1 aliphatic heterocycles. The van der Waals surface area contributed by atoms with E-state index < -0.39 is 0 Å². The van der Waals surface area contributed by atoms with Crippen LogP contribution in [0.2, 0.25) is 0 Å². The Labute approximate surface area is 110 Å². The fraction of sp³-hybridized carbons (Fsp3) is 0.625. The normalized spacial score (nSPS) is 29.7. The van der Waals surface area contributed by atoms with Crippen molar-refractivity contribution in [3.8, 4) is 5.75 Å². The van der Waals surface area contributed by atoms with Crippen molar-refractivity contribution in [1.29, 1.82) is 0 Å². The Balaban J connectivity index is 1.93. The van der Waals surface area contributed by atoms with E-state index in [1.165, 1.54) is 24.0 Å². The van der Waals surface area contributed by atoms with E-state index in [2.05, 4.69) is 32.0 Å². The van der Waals surface area contributed by atoms with E-state index in [-0.39, 0.29) is 5.54 Å². The molecule has 3 rings (SSSR count). The molecule has 0 aromatic heterocycles. The molecule has 2 N–H and O–H groups in total. The van der Waals surface area contributed by atoms with E-state index in [9.17, 15) is 0 Å². The number of nitrogens with two attached hydrogens (primary N) is 1. The van der Waals surface area contributed by atoms with Gasteiger partial charge in [-0.3, -0.25) is 0 Å². The molecule has 1 saturated carbocycles. The molecular formula is C16H23NO. The Bertz CT molecular complexity index is 466. The lowest BCUT2D eigenvalue weighted by molar-refractivity contribution is 0.151. The van der Waals surface area contributed by atoms with Crippen LogP contribution >= 0.6 is 0 Å². The van der Waals surface area contributed by atoms with Crippen molar-refractivity contribution < 1.29 is 4.74 Å². The molecule has 1 atom stereocenters. The van der Waals surface area contributed by atoms with Gasteiger partial charge in [0, 0.05) is 12.0 Å². The topological polar surface area (TPSA) is 35.2 Å². The number of fused-ring (bicyclic) bond motifs is 1. The summed E-state index contributed by atoms with van der Waals surface area (Å²) in [6.07, 6.45) is 5.75. The summed E-state index contributed by atoms with van der Waals surface area (Å²) in [5.74, 6) is 1.05.